The molecule has 1 aliphatic carbocycles. The predicted octanol–water partition coefficient (Wildman–Crippen LogP) is 5.03. The zero-order valence-corrected chi connectivity index (χ0v) is 15.6. The molecule has 1 saturated heterocycles. The van der Waals surface area contributed by atoms with Crippen molar-refractivity contribution in [2.45, 2.75) is 31.7 Å². The number of fused-ring (bicyclic) bond motifs is 3. The van der Waals surface area contributed by atoms with Gasteiger partial charge in [0, 0.05) is 4.47 Å². The van der Waals surface area contributed by atoms with E-state index in [9.17, 15) is 0 Å². The van der Waals surface area contributed by atoms with E-state index in [4.69, 9.17) is 0 Å². The summed E-state index contributed by atoms with van der Waals surface area (Å²) >= 11 is 3.59. The lowest BCUT2D eigenvalue weighted by atomic mass is 9.84. The third-order valence-electron chi connectivity index (χ3n) is 5.42. The second-order valence-electron chi connectivity index (χ2n) is 7.00. The van der Waals surface area contributed by atoms with Gasteiger partial charge in [0.15, 0.2) is 0 Å². The number of rotatable bonds is 2. The van der Waals surface area contributed by atoms with Gasteiger partial charge in [0.2, 0.25) is 0 Å². The molecule has 1 aliphatic heterocycles. The van der Waals surface area contributed by atoms with Crippen LogP contribution in [-0.2, 0) is 12.8 Å². The Labute approximate surface area is 156 Å². The van der Waals surface area contributed by atoms with E-state index < -0.39 is 0 Å². The number of aromatic amines is 1. The topological polar surface area (TPSA) is 40.7 Å². The van der Waals surface area contributed by atoms with Crippen molar-refractivity contribution in [1.29, 1.82) is 0 Å². The maximum absolute atomic E-state index is 4.61. The van der Waals surface area contributed by atoms with Crippen molar-refractivity contribution >= 4 is 15.9 Å². The van der Waals surface area contributed by atoms with Crippen LogP contribution in [0.3, 0.4) is 0 Å². The van der Waals surface area contributed by atoms with E-state index in [1.165, 1.54) is 40.7 Å². The van der Waals surface area contributed by atoms with Crippen LogP contribution in [-0.4, -0.2) is 16.5 Å². The number of hydrogen-bond acceptors (Lipinski definition) is 2. The fourth-order valence-corrected chi connectivity index (χ4v) is 4.52. The van der Waals surface area contributed by atoms with Crippen LogP contribution in [0.2, 0.25) is 0 Å². The van der Waals surface area contributed by atoms with Gasteiger partial charge in [0.05, 0.1) is 17.9 Å². The SMILES string of the molecule is Brc1ccc2c(c1)CCc1cc(-c3cnc(C4CCCN4)[nH]3)ccc1-2. The first-order valence-corrected chi connectivity index (χ1v) is 9.77. The Hall–Kier alpha value is -1.91. The lowest BCUT2D eigenvalue weighted by molar-refractivity contribution is 0.613. The van der Waals surface area contributed by atoms with Gasteiger partial charge in [-0.05, 0) is 78.2 Å². The minimum absolute atomic E-state index is 0.386. The number of benzene rings is 2. The van der Waals surface area contributed by atoms with Crippen LogP contribution >= 0.6 is 15.9 Å². The molecule has 2 heterocycles. The van der Waals surface area contributed by atoms with Gasteiger partial charge in [0.1, 0.15) is 5.82 Å². The summed E-state index contributed by atoms with van der Waals surface area (Å²) in [6, 6.07) is 13.8. The molecule has 0 bridgehead atoms. The number of hydrogen-bond donors (Lipinski definition) is 2. The molecule has 1 fully saturated rings. The van der Waals surface area contributed by atoms with Gasteiger partial charge in [-0.3, -0.25) is 0 Å². The molecule has 3 nitrogen and oxygen atoms in total. The maximum Gasteiger partial charge on any atom is 0.123 e. The molecule has 0 spiro atoms. The Morgan fingerprint density at radius 1 is 1.00 bits per heavy atom. The van der Waals surface area contributed by atoms with Gasteiger partial charge in [-0.2, -0.15) is 0 Å². The average Bonchev–Trinajstić information content (AvgIpc) is 3.32. The monoisotopic (exact) mass is 393 g/mol. The molecule has 2 aromatic carbocycles. The maximum atomic E-state index is 4.61. The second-order valence-corrected chi connectivity index (χ2v) is 7.92. The lowest BCUT2D eigenvalue weighted by Gasteiger charge is -2.20. The Morgan fingerprint density at radius 3 is 2.60 bits per heavy atom. The van der Waals surface area contributed by atoms with Gasteiger partial charge in [-0.15, -0.1) is 0 Å². The van der Waals surface area contributed by atoms with Crippen molar-refractivity contribution in [1.82, 2.24) is 15.3 Å². The number of imidazole rings is 1. The van der Waals surface area contributed by atoms with Crippen molar-refractivity contribution in [2.24, 2.45) is 0 Å². The van der Waals surface area contributed by atoms with E-state index in [0.717, 1.165) is 35.4 Å². The van der Waals surface area contributed by atoms with Gasteiger partial charge in [0.25, 0.3) is 0 Å². The van der Waals surface area contributed by atoms with Crippen LogP contribution < -0.4 is 5.32 Å². The second kappa shape index (κ2) is 6.11. The molecule has 25 heavy (non-hydrogen) atoms. The number of aromatic nitrogens is 2. The number of halogens is 1. The van der Waals surface area contributed by atoms with Crippen molar-refractivity contribution in [3.8, 4) is 22.4 Å². The third-order valence-corrected chi connectivity index (χ3v) is 5.92. The largest absolute Gasteiger partial charge is 0.341 e. The van der Waals surface area contributed by atoms with E-state index in [-0.39, 0.29) is 0 Å². The molecule has 0 amide bonds. The molecular formula is C21H20BrN3. The third kappa shape index (κ3) is 2.74. The molecular weight excluding hydrogens is 374 g/mol. The van der Waals surface area contributed by atoms with Gasteiger partial charge >= 0.3 is 0 Å². The van der Waals surface area contributed by atoms with Gasteiger partial charge < -0.3 is 10.3 Å². The van der Waals surface area contributed by atoms with E-state index in [2.05, 4.69) is 67.6 Å². The first kappa shape index (κ1) is 15.4. The smallest absolute Gasteiger partial charge is 0.123 e. The van der Waals surface area contributed by atoms with Crippen LogP contribution in [0.4, 0.5) is 0 Å². The molecule has 0 radical (unpaired) electrons. The molecule has 1 atom stereocenters. The van der Waals surface area contributed by atoms with Crippen molar-refractivity contribution in [2.75, 3.05) is 6.54 Å². The Kier molecular flexibility index (Phi) is 3.75. The van der Waals surface area contributed by atoms with Gasteiger partial charge in [-0.1, -0.05) is 34.1 Å². The molecule has 1 unspecified atom stereocenters. The highest BCUT2D eigenvalue weighted by Gasteiger charge is 2.20. The average molecular weight is 394 g/mol. The Bertz CT molecular complexity index is 938. The summed E-state index contributed by atoms with van der Waals surface area (Å²) in [4.78, 5) is 8.13. The normalized spacial score (nSPS) is 18.8. The summed E-state index contributed by atoms with van der Waals surface area (Å²) in [6.07, 6.45) is 6.58. The van der Waals surface area contributed by atoms with E-state index in [1.54, 1.807) is 0 Å². The van der Waals surface area contributed by atoms with Crippen molar-refractivity contribution < 1.29 is 0 Å². The minimum atomic E-state index is 0.386. The van der Waals surface area contributed by atoms with Crippen LogP contribution in [0.15, 0.2) is 47.1 Å². The van der Waals surface area contributed by atoms with Crippen LogP contribution in [0, 0.1) is 0 Å². The number of nitrogens with zero attached hydrogens (tertiary/aromatic N) is 1. The fourth-order valence-electron chi connectivity index (χ4n) is 4.11. The van der Waals surface area contributed by atoms with Crippen LogP contribution in [0.1, 0.15) is 35.8 Å². The Morgan fingerprint density at radius 2 is 1.80 bits per heavy atom. The first-order chi connectivity index (χ1) is 12.3. The summed E-state index contributed by atoms with van der Waals surface area (Å²) in [5, 5.41) is 3.51. The highest BCUT2D eigenvalue weighted by atomic mass is 79.9. The first-order valence-electron chi connectivity index (χ1n) is 8.98. The Balaban J connectivity index is 1.50. The van der Waals surface area contributed by atoms with Gasteiger partial charge in [-0.25, -0.2) is 4.98 Å². The summed E-state index contributed by atoms with van der Waals surface area (Å²) in [6.45, 7) is 1.09. The van der Waals surface area contributed by atoms with E-state index >= 15 is 0 Å². The molecule has 4 heteroatoms. The lowest BCUT2D eigenvalue weighted by Crippen LogP contribution is -2.14. The van der Waals surface area contributed by atoms with Crippen LogP contribution in [0.5, 0.6) is 0 Å². The summed E-state index contributed by atoms with van der Waals surface area (Å²) in [5.41, 5.74) is 7.96. The summed E-state index contributed by atoms with van der Waals surface area (Å²) < 4.78 is 1.16. The molecule has 126 valence electrons. The summed E-state index contributed by atoms with van der Waals surface area (Å²) in [7, 11) is 0. The standard InChI is InChI=1S/C21H20BrN3/c22-16-6-8-18-14(11-16)4-3-13-10-15(5-7-17(13)18)20-12-24-21(25-20)19-2-1-9-23-19/h5-8,10-12,19,23H,1-4,9H2,(H,24,25). The molecule has 1 aromatic heterocycles. The number of aryl methyl sites for hydroxylation is 2. The molecule has 2 aliphatic rings. The van der Waals surface area contributed by atoms with Crippen molar-refractivity contribution in [3.05, 3.63) is 64.0 Å². The fraction of sp³-hybridized carbons (Fsp3) is 0.286. The molecule has 2 N–H and O–H groups in total. The molecule has 0 saturated carbocycles. The molecule has 5 rings (SSSR count). The number of H-pyrrole nitrogens is 1. The summed E-state index contributed by atoms with van der Waals surface area (Å²) in [5.74, 6) is 1.07. The van der Waals surface area contributed by atoms with Crippen LogP contribution in [0.25, 0.3) is 22.4 Å². The quantitative estimate of drug-likeness (QED) is 0.640. The zero-order chi connectivity index (χ0) is 16.8. The highest BCUT2D eigenvalue weighted by molar-refractivity contribution is 9.10. The highest BCUT2D eigenvalue weighted by Crippen LogP contribution is 2.37. The van der Waals surface area contributed by atoms with E-state index in [1.807, 2.05) is 6.20 Å². The predicted molar refractivity (Wildman–Crippen MR) is 105 cm³/mol. The molecule has 3 aromatic rings. The minimum Gasteiger partial charge on any atom is -0.341 e. The number of nitrogens with one attached hydrogen (secondary N) is 2. The van der Waals surface area contributed by atoms with Crippen molar-refractivity contribution in [3.63, 3.8) is 0 Å². The zero-order valence-electron chi connectivity index (χ0n) is 14.0. The van der Waals surface area contributed by atoms with E-state index in [0.29, 0.717) is 6.04 Å².